The zero-order chi connectivity index (χ0) is 22.9. The fourth-order valence-electron chi connectivity index (χ4n) is 4.75. The van der Waals surface area contributed by atoms with Crippen molar-refractivity contribution in [1.29, 1.82) is 0 Å². The van der Waals surface area contributed by atoms with Gasteiger partial charge in [-0.05, 0) is 72.5 Å². The van der Waals surface area contributed by atoms with Gasteiger partial charge in [-0.15, -0.1) is 5.10 Å². The summed E-state index contributed by atoms with van der Waals surface area (Å²) in [5.41, 5.74) is 3.97. The van der Waals surface area contributed by atoms with Crippen LogP contribution < -0.4 is 5.32 Å². The number of tetrazole rings is 1. The molecule has 0 saturated carbocycles. The lowest BCUT2D eigenvalue weighted by Crippen LogP contribution is -2.49. The molecule has 1 N–H and O–H groups in total. The lowest BCUT2D eigenvalue weighted by atomic mass is 10.00. The summed E-state index contributed by atoms with van der Waals surface area (Å²) in [4.78, 5) is 15.6. The maximum absolute atomic E-state index is 13.2. The molecule has 2 aliphatic rings. The van der Waals surface area contributed by atoms with E-state index in [0.29, 0.717) is 28.5 Å². The van der Waals surface area contributed by atoms with Gasteiger partial charge < -0.3 is 10.1 Å². The van der Waals surface area contributed by atoms with Crippen molar-refractivity contribution in [2.75, 3.05) is 19.6 Å². The minimum Gasteiger partial charge on any atom is -0.372 e. The quantitative estimate of drug-likeness (QED) is 0.600. The Morgan fingerprint density at radius 1 is 1.21 bits per heavy atom. The summed E-state index contributed by atoms with van der Waals surface area (Å²) >= 11 is 6.53. The number of carbonyl (C=O) groups excluding carboxylic acids is 1. The molecule has 3 heterocycles. The van der Waals surface area contributed by atoms with Crippen LogP contribution in [0.25, 0.3) is 16.8 Å². The zero-order valence-electron chi connectivity index (χ0n) is 18.7. The van der Waals surface area contributed by atoms with Crippen LogP contribution in [0, 0.1) is 6.92 Å². The van der Waals surface area contributed by atoms with Gasteiger partial charge in [0.15, 0.2) is 0 Å². The Labute approximate surface area is 197 Å². The van der Waals surface area contributed by atoms with Gasteiger partial charge in [0.25, 0.3) is 5.91 Å². The highest BCUT2D eigenvalue weighted by molar-refractivity contribution is 6.33. The number of aromatic nitrogens is 4. The molecule has 2 bridgehead atoms. The number of hydrogen-bond acceptors (Lipinski definition) is 6. The molecule has 1 amide bonds. The van der Waals surface area contributed by atoms with Crippen molar-refractivity contribution < 1.29 is 9.53 Å². The maximum Gasteiger partial charge on any atom is 0.251 e. The van der Waals surface area contributed by atoms with Crippen molar-refractivity contribution in [2.45, 2.75) is 44.9 Å². The third kappa shape index (κ3) is 4.93. The molecule has 1 aromatic heterocycles. The molecule has 2 unspecified atom stereocenters. The van der Waals surface area contributed by atoms with Crippen LogP contribution in [0.5, 0.6) is 0 Å². The number of fused-ring (bicyclic) bond motifs is 2. The van der Waals surface area contributed by atoms with E-state index in [1.807, 2.05) is 44.2 Å². The fraction of sp³-hybridized carbons (Fsp3) is 0.417. The number of benzene rings is 2. The average Bonchev–Trinajstić information content (AvgIpc) is 3.43. The van der Waals surface area contributed by atoms with E-state index in [1.54, 1.807) is 6.07 Å². The number of rotatable bonds is 6. The molecule has 5 rings (SSSR count). The molecule has 2 fully saturated rings. The van der Waals surface area contributed by atoms with E-state index in [0.717, 1.165) is 49.2 Å². The Morgan fingerprint density at radius 2 is 2.00 bits per heavy atom. The van der Waals surface area contributed by atoms with Gasteiger partial charge in [-0.1, -0.05) is 23.7 Å². The molecule has 3 atom stereocenters. The Hall–Kier alpha value is -2.81. The molecule has 2 saturated heterocycles. The van der Waals surface area contributed by atoms with Crippen molar-refractivity contribution in [1.82, 2.24) is 30.4 Å². The molecule has 2 aromatic carbocycles. The van der Waals surface area contributed by atoms with E-state index in [2.05, 4.69) is 25.7 Å². The van der Waals surface area contributed by atoms with Gasteiger partial charge in [0.2, 0.25) is 0 Å². The number of carbonyl (C=O) groups is 1. The van der Waals surface area contributed by atoms with E-state index < -0.39 is 0 Å². The molecular formula is C24H27ClN6O2. The molecule has 0 aliphatic carbocycles. The second-order valence-electron chi connectivity index (χ2n) is 9.06. The van der Waals surface area contributed by atoms with Gasteiger partial charge in [0, 0.05) is 41.8 Å². The number of halogens is 1. The van der Waals surface area contributed by atoms with Crippen LogP contribution in [0.1, 0.15) is 35.7 Å². The summed E-state index contributed by atoms with van der Waals surface area (Å²) in [6, 6.07) is 11.5. The number of nitrogens with one attached hydrogen (secondary N) is 1. The number of amides is 1. The molecule has 8 nitrogen and oxygen atoms in total. The van der Waals surface area contributed by atoms with Crippen LogP contribution in [0.4, 0.5) is 0 Å². The van der Waals surface area contributed by atoms with Gasteiger partial charge in [0.05, 0.1) is 17.9 Å². The molecule has 3 aromatic rings. The van der Waals surface area contributed by atoms with E-state index in [4.69, 9.17) is 16.3 Å². The normalized spacial score (nSPS) is 21.2. The third-order valence-electron chi connectivity index (χ3n) is 6.26. The number of morpholine rings is 1. The highest BCUT2D eigenvalue weighted by atomic mass is 35.5. The van der Waals surface area contributed by atoms with E-state index in [-0.39, 0.29) is 11.9 Å². The topological polar surface area (TPSA) is 85.2 Å². The Balaban J connectivity index is 1.38. The molecule has 0 spiro atoms. The summed E-state index contributed by atoms with van der Waals surface area (Å²) in [5, 5.41) is 15.2. The Kier molecular flexibility index (Phi) is 6.14. The van der Waals surface area contributed by atoms with Crippen LogP contribution in [0.15, 0.2) is 42.7 Å². The van der Waals surface area contributed by atoms with Crippen LogP contribution in [0.2, 0.25) is 5.02 Å². The summed E-state index contributed by atoms with van der Waals surface area (Å²) in [5.74, 6) is -0.141. The van der Waals surface area contributed by atoms with Crippen LogP contribution >= 0.6 is 11.6 Å². The summed E-state index contributed by atoms with van der Waals surface area (Å²) in [7, 11) is 0. The predicted octanol–water partition coefficient (Wildman–Crippen LogP) is 3.27. The number of likely N-dealkylation sites (tertiary alicyclic amines) is 1. The van der Waals surface area contributed by atoms with E-state index >= 15 is 0 Å². The van der Waals surface area contributed by atoms with Crippen LogP contribution in [0.3, 0.4) is 0 Å². The van der Waals surface area contributed by atoms with E-state index in [9.17, 15) is 4.79 Å². The van der Waals surface area contributed by atoms with Gasteiger partial charge in [-0.3, -0.25) is 9.69 Å². The summed E-state index contributed by atoms with van der Waals surface area (Å²) < 4.78 is 7.46. The molecule has 172 valence electrons. The highest BCUT2D eigenvalue weighted by Crippen LogP contribution is 2.31. The second kappa shape index (κ2) is 9.21. The first-order chi connectivity index (χ1) is 15.9. The summed E-state index contributed by atoms with van der Waals surface area (Å²) in [6.07, 6.45) is 4.45. The number of hydrogen-bond donors (Lipinski definition) is 1. The molecule has 2 aliphatic heterocycles. The van der Waals surface area contributed by atoms with Crippen LogP contribution in [-0.2, 0) is 4.74 Å². The molecular weight excluding hydrogens is 440 g/mol. The first-order valence-electron chi connectivity index (χ1n) is 11.3. The largest absolute Gasteiger partial charge is 0.372 e. The standard InChI is InChI=1S/C24H27ClN6O2/c1-15-3-6-22(23(25)7-15)17-8-18(10-19(9-17)31-14-26-28-29-31)24(32)27-16(2)11-30-12-20-4-5-21(13-30)33-20/h3,6-10,14,16,20-21H,4-5,11-13H2,1-2H3,(H,27,32)/t16-,20?,21?/m1/s1. The zero-order valence-corrected chi connectivity index (χ0v) is 19.5. The highest BCUT2D eigenvalue weighted by Gasteiger charge is 2.34. The Morgan fingerprint density at radius 3 is 2.70 bits per heavy atom. The van der Waals surface area contributed by atoms with Crippen LogP contribution in [-0.4, -0.2) is 68.9 Å². The lowest BCUT2D eigenvalue weighted by molar-refractivity contribution is -0.0399. The SMILES string of the molecule is Cc1ccc(-c2cc(C(=O)N[C@H](C)CN3CC4CCC(C3)O4)cc(-n3cnnn3)c2)c(Cl)c1. The Bertz CT molecular complexity index is 1140. The van der Waals surface area contributed by atoms with Gasteiger partial charge in [0.1, 0.15) is 6.33 Å². The van der Waals surface area contributed by atoms with Crippen molar-refractivity contribution in [2.24, 2.45) is 0 Å². The molecule has 33 heavy (non-hydrogen) atoms. The lowest BCUT2D eigenvalue weighted by Gasteiger charge is -2.33. The first-order valence-corrected chi connectivity index (χ1v) is 11.7. The second-order valence-corrected chi connectivity index (χ2v) is 9.46. The van der Waals surface area contributed by atoms with Crippen molar-refractivity contribution >= 4 is 17.5 Å². The van der Waals surface area contributed by atoms with Gasteiger partial charge in [-0.25, -0.2) is 4.68 Å². The molecule has 0 radical (unpaired) electrons. The minimum atomic E-state index is -0.141. The van der Waals surface area contributed by atoms with Crippen molar-refractivity contribution in [3.63, 3.8) is 0 Å². The third-order valence-corrected chi connectivity index (χ3v) is 6.57. The maximum atomic E-state index is 13.2. The average molecular weight is 467 g/mol. The predicted molar refractivity (Wildman–Crippen MR) is 126 cm³/mol. The molecule has 9 heteroatoms. The monoisotopic (exact) mass is 466 g/mol. The smallest absolute Gasteiger partial charge is 0.251 e. The van der Waals surface area contributed by atoms with E-state index in [1.165, 1.54) is 11.0 Å². The minimum absolute atomic E-state index is 0.00175. The summed E-state index contributed by atoms with van der Waals surface area (Å²) in [6.45, 7) is 6.69. The van der Waals surface area contributed by atoms with Gasteiger partial charge >= 0.3 is 0 Å². The van der Waals surface area contributed by atoms with Gasteiger partial charge in [-0.2, -0.15) is 0 Å². The number of ether oxygens (including phenoxy) is 1. The number of aryl methyl sites for hydroxylation is 1. The fourth-order valence-corrected chi connectivity index (χ4v) is 5.10. The number of nitrogens with zero attached hydrogens (tertiary/aromatic N) is 5. The first kappa shape index (κ1) is 22.0. The van der Waals surface area contributed by atoms with Crippen molar-refractivity contribution in [3.8, 4) is 16.8 Å². The van der Waals surface area contributed by atoms with Crippen molar-refractivity contribution in [3.05, 3.63) is 58.9 Å².